The fraction of sp³-hybridized carbons (Fsp3) is 0.361. The molecule has 4 aromatic rings. The standard InChI is InChI=1S/C36H16B22F4N4O2S/c1-3-64(4-2)5-6-66(33(53,54)11-19(41)15(37)9(16(38)20(11)42)10-17(39)23(45)13(35(60,61)62)24(46)18(10)40)8(67)7-65-28-14(31(49,50)36(57,58)32(28,51)52)29(68)63-30(65)69-34(55,56)12-21(43)25(47)27(59)26(48)22(12)44/h3-7H2,1-2H3. The van der Waals surface area contributed by atoms with Gasteiger partial charge in [0.25, 0.3) is 5.56 Å². The molecule has 0 N–H and O–H groups in total. The molecule has 0 saturated carbocycles. The van der Waals surface area contributed by atoms with Crippen molar-refractivity contribution < 1.29 is 22.4 Å². The van der Waals surface area contributed by atoms with Crippen LogP contribution in [0.15, 0.2) is 9.95 Å². The molecule has 292 valence electrons. The first kappa shape index (κ1) is 57.4. The van der Waals surface area contributed by atoms with Crippen LogP contribution in [-0.2, 0) is 37.8 Å². The molecule has 0 aliphatic heterocycles. The van der Waals surface area contributed by atoms with Crippen molar-refractivity contribution in [1.29, 1.82) is 0 Å². The monoisotopic (exact) mass is 886 g/mol. The minimum atomic E-state index is -5.10. The second-order valence-corrected chi connectivity index (χ2v) is 17.8. The lowest BCUT2D eigenvalue weighted by Crippen LogP contribution is -2.61. The maximum Gasteiger partial charge on any atom is 0.415 e. The summed E-state index contributed by atoms with van der Waals surface area (Å²) in [6.45, 7) is 3.12. The quantitative estimate of drug-likeness (QED) is 0.0579. The molecule has 3 aromatic carbocycles. The van der Waals surface area contributed by atoms with Gasteiger partial charge in [-0.3, -0.25) is 9.59 Å². The highest BCUT2D eigenvalue weighted by molar-refractivity contribution is 8.02. The fourth-order valence-electron chi connectivity index (χ4n) is 8.31. The van der Waals surface area contributed by atoms with Gasteiger partial charge in [-0.2, -0.15) is 18.2 Å². The van der Waals surface area contributed by atoms with Crippen molar-refractivity contribution in [2.75, 3.05) is 26.2 Å². The molecule has 0 atom stereocenters. The zero-order chi connectivity index (χ0) is 53.0. The third kappa shape index (κ3) is 9.18. The van der Waals surface area contributed by atoms with Gasteiger partial charge in [0.15, 0.2) is 5.16 Å². The van der Waals surface area contributed by atoms with Gasteiger partial charge in [0.05, 0.1) is 78.5 Å². The molecule has 0 spiro atoms. The van der Waals surface area contributed by atoms with E-state index in [1.165, 1.54) is 0 Å². The van der Waals surface area contributed by atoms with E-state index in [9.17, 15) is 22.4 Å². The number of hydrogen-bond acceptors (Lipinski definition) is 5. The van der Waals surface area contributed by atoms with E-state index in [0.717, 1.165) is 9.47 Å². The Morgan fingerprint density at radius 3 is 1.43 bits per heavy atom. The van der Waals surface area contributed by atoms with E-state index in [1.54, 1.807) is 0 Å². The Hall–Kier alpha value is -2.53. The number of alkyl halides is 3. The SMILES string of the molecule is [B]c1c([B])c(C([B])([B])Sc2nc(=O)c3c(n2CC(=O)N(CCN(CC)CC)C([B])([B])c2c([B])c([B])c(-c4c([B])c([B])c(C(F)(F)F)c([B])c4[B])c([B])c2[B])C([B])([B])C([B])([B])C3([B])[B])c([B])c([B])c1F. The zero-order valence-corrected chi connectivity index (χ0v) is 38.1. The summed E-state index contributed by atoms with van der Waals surface area (Å²) >= 11 is 0.280. The van der Waals surface area contributed by atoms with Crippen LogP contribution in [0.5, 0.6) is 0 Å². The van der Waals surface area contributed by atoms with Gasteiger partial charge in [0.1, 0.15) is 107 Å². The molecular weight excluding hydrogens is 866 g/mol. The Kier molecular flexibility index (Phi) is 16.1. The van der Waals surface area contributed by atoms with E-state index in [1.807, 2.05) is 18.7 Å². The molecule has 1 heterocycles. The van der Waals surface area contributed by atoms with Gasteiger partial charge in [-0.15, -0.1) is 5.21 Å². The molecule has 1 aliphatic rings. The van der Waals surface area contributed by atoms with Crippen LogP contribution in [0.3, 0.4) is 0 Å². The van der Waals surface area contributed by atoms with Crippen molar-refractivity contribution in [3.8, 4) is 11.1 Å². The number of aromatic nitrogens is 2. The first-order valence-electron chi connectivity index (χ1n) is 20.1. The molecule has 0 fully saturated rings. The largest absolute Gasteiger partial charge is 0.415 e. The maximum absolute atomic E-state index is 15.3. The smallest absolute Gasteiger partial charge is 0.347 e. The minimum absolute atomic E-state index is 0.0405. The normalized spacial score (nSPS) is 15.3. The molecule has 69 heavy (non-hydrogen) atoms. The molecule has 1 amide bonds. The average Bonchev–Trinajstić information content (AvgIpc) is 3.34. The minimum Gasteiger partial charge on any atom is -0.347 e. The second kappa shape index (κ2) is 19.4. The molecule has 0 unspecified atom stereocenters. The van der Waals surface area contributed by atoms with Gasteiger partial charge < -0.3 is 14.4 Å². The molecule has 44 radical (unpaired) electrons. The lowest BCUT2D eigenvalue weighted by Gasteiger charge is -2.48. The number of hydrogen-bond donors (Lipinski definition) is 0. The van der Waals surface area contributed by atoms with E-state index in [-0.39, 0.29) is 24.9 Å². The maximum atomic E-state index is 15.3. The number of rotatable bonds is 13. The molecule has 0 saturated heterocycles. The van der Waals surface area contributed by atoms with Crippen LogP contribution in [0.4, 0.5) is 17.6 Å². The molecule has 6 nitrogen and oxygen atoms in total. The van der Waals surface area contributed by atoms with Crippen molar-refractivity contribution in [1.82, 2.24) is 19.4 Å². The van der Waals surface area contributed by atoms with Gasteiger partial charge >= 0.3 is 6.18 Å². The van der Waals surface area contributed by atoms with Crippen LogP contribution in [0.2, 0.25) is 5.21 Å². The third-order valence-electron chi connectivity index (χ3n) is 12.4. The number of thioether (sulfide) groups is 1. The highest BCUT2D eigenvalue weighted by Gasteiger charge is 2.57. The summed E-state index contributed by atoms with van der Waals surface area (Å²) in [6.07, 6.45) is -5.10. The second-order valence-electron chi connectivity index (χ2n) is 16.6. The molecular formula is C36H16B22F4N4O2S. The van der Waals surface area contributed by atoms with Gasteiger partial charge in [-0.25, -0.2) is 4.39 Å². The molecule has 0 bridgehead atoms. The van der Waals surface area contributed by atoms with Crippen molar-refractivity contribution in [2.45, 2.75) is 57.2 Å². The third-order valence-corrected chi connectivity index (χ3v) is 13.4. The molecule has 1 aliphatic carbocycles. The summed E-state index contributed by atoms with van der Waals surface area (Å²) < 4.78 is 55.3. The Labute approximate surface area is 433 Å². The van der Waals surface area contributed by atoms with Gasteiger partial charge in [-0.1, -0.05) is 113 Å². The molecule has 5 rings (SSSR count). The van der Waals surface area contributed by atoms with E-state index < -0.39 is 165 Å². The number of halogens is 4. The highest BCUT2D eigenvalue weighted by Crippen LogP contribution is 2.57. The summed E-state index contributed by atoms with van der Waals surface area (Å²) in [5.41, 5.74) is -14.1. The van der Waals surface area contributed by atoms with Crippen LogP contribution >= 0.6 is 11.8 Å². The summed E-state index contributed by atoms with van der Waals surface area (Å²) in [4.78, 5) is 36.0. The number of amides is 1. The Morgan fingerprint density at radius 2 is 1.03 bits per heavy atom. The van der Waals surface area contributed by atoms with Crippen molar-refractivity contribution in [3.05, 3.63) is 44.1 Å². The number of benzene rings is 3. The van der Waals surface area contributed by atoms with Gasteiger partial charge in [-0.05, 0) is 34.1 Å². The number of carbonyl (C=O) groups excluding carboxylic acids is 1. The van der Waals surface area contributed by atoms with Crippen LogP contribution in [-0.4, -0.2) is 224 Å². The number of fused-ring (bicyclic) bond motifs is 1. The van der Waals surface area contributed by atoms with Crippen LogP contribution in [0, 0.1) is 5.82 Å². The molecule has 33 heteroatoms. The Balaban J connectivity index is 1.80. The van der Waals surface area contributed by atoms with Crippen molar-refractivity contribution in [2.24, 2.45) is 0 Å². The summed E-state index contributed by atoms with van der Waals surface area (Å²) in [5, 5.41) is -11.0. The van der Waals surface area contributed by atoms with Gasteiger partial charge in [0, 0.05) is 29.9 Å². The number of nitrogens with zero attached hydrogens (tertiary/aromatic N) is 4. The molecule has 1 aromatic heterocycles. The first-order chi connectivity index (χ1) is 31.3. The lowest BCUT2D eigenvalue weighted by atomic mass is 9.20. The number of carbonyl (C=O) groups is 1. The highest BCUT2D eigenvalue weighted by atomic mass is 32.2. The van der Waals surface area contributed by atoms with E-state index >= 15 is 4.79 Å². The van der Waals surface area contributed by atoms with E-state index in [2.05, 4.69) is 4.98 Å². The summed E-state index contributed by atoms with van der Waals surface area (Å²) in [5.74, 6) is -2.28. The zero-order valence-electron chi connectivity index (χ0n) is 37.3. The average molecular weight is 882 g/mol. The first-order valence-corrected chi connectivity index (χ1v) is 20.9. The van der Waals surface area contributed by atoms with E-state index in [0.29, 0.717) is 13.1 Å². The summed E-state index contributed by atoms with van der Waals surface area (Å²) in [7, 11) is 140. The Bertz CT molecular complexity index is 2770. The van der Waals surface area contributed by atoms with Crippen molar-refractivity contribution >= 4 is 256 Å². The predicted octanol–water partition coefficient (Wildman–Crippen LogP) is -12.4. The van der Waals surface area contributed by atoms with Crippen LogP contribution in [0.25, 0.3) is 11.1 Å². The Morgan fingerprint density at radius 1 is 0.623 bits per heavy atom. The van der Waals surface area contributed by atoms with Gasteiger partial charge in [0.2, 0.25) is 5.91 Å². The van der Waals surface area contributed by atoms with Crippen LogP contribution in [0.1, 0.15) is 41.8 Å². The fourth-order valence-corrected chi connectivity index (χ4v) is 9.33. The topological polar surface area (TPSA) is 58.4 Å². The summed E-state index contributed by atoms with van der Waals surface area (Å²) in [6, 6.07) is 0. The van der Waals surface area contributed by atoms with Crippen LogP contribution < -0.4 is 71.1 Å². The van der Waals surface area contributed by atoms with Crippen molar-refractivity contribution in [3.63, 3.8) is 0 Å². The predicted molar refractivity (Wildman–Crippen MR) is 289 cm³/mol. The van der Waals surface area contributed by atoms with E-state index in [4.69, 9.17) is 173 Å². The lowest BCUT2D eigenvalue weighted by molar-refractivity contribution is -0.136. The number of likely N-dealkylation sites (N-methyl/N-ethyl adjacent to an activating group) is 1.